The van der Waals surface area contributed by atoms with Gasteiger partial charge in [-0.15, -0.1) is 11.3 Å². The van der Waals surface area contributed by atoms with Crippen LogP contribution in [0.1, 0.15) is 20.9 Å². The largest absolute Gasteiger partial charge is 0.336 e. The molecule has 1 fully saturated rings. The summed E-state index contributed by atoms with van der Waals surface area (Å²) >= 11 is 1.69. The van der Waals surface area contributed by atoms with E-state index in [9.17, 15) is 14.9 Å². The Labute approximate surface area is 166 Å². The smallest absolute Gasteiger partial charge is 0.285 e. The Morgan fingerprint density at radius 1 is 1.14 bits per heavy atom. The lowest BCUT2D eigenvalue weighted by molar-refractivity contribution is -0.385. The lowest BCUT2D eigenvalue weighted by atomic mass is 10.1. The minimum atomic E-state index is -0.466. The van der Waals surface area contributed by atoms with Crippen molar-refractivity contribution in [1.82, 2.24) is 14.8 Å². The molecule has 3 aromatic rings. The first-order chi connectivity index (χ1) is 13.5. The van der Waals surface area contributed by atoms with Gasteiger partial charge in [0.05, 0.1) is 21.7 Å². The standard InChI is InChI=1S/C20H20N4O3S/c1-14-5-4-6-15(19(14)24(26)27)20(25)23-11-9-22(10-12-23)13-18-21-16-7-2-3-8-17(16)28-18/h2-8H,9-13H2,1H3. The first-order valence-electron chi connectivity index (χ1n) is 9.13. The van der Waals surface area contributed by atoms with E-state index >= 15 is 0 Å². The number of nitrogens with zero attached hydrogens (tertiary/aromatic N) is 4. The number of piperazine rings is 1. The zero-order valence-corrected chi connectivity index (χ0v) is 16.3. The predicted molar refractivity (Wildman–Crippen MR) is 109 cm³/mol. The van der Waals surface area contributed by atoms with Crippen LogP contribution in [-0.2, 0) is 6.54 Å². The van der Waals surface area contributed by atoms with Crippen molar-refractivity contribution in [2.75, 3.05) is 26.2 Å². The Morgan fingerprint density at radius 2 is 1.89 bits per heavy atom. The van der Waals surface area contributed by atoms with Crippen LogP contribution in [0, 0.1) is 17.0 Å². The summed E-state index contributed by atoms with van der Waals surface area (Å²) in [6.45, 7) is 4.96. The molecule has 1 saturated heterocycles. The van der Waals surface area contributed by atoms with Gasteiger partial charge in [-0.05, 0) is 25.1 Å². The highest BCUT2D eigenvalue weighted by atomic mass is 32.1. The van der Waals surface area contributed by atoms with Crippen LogP contribution in [0.4, 0.5) is 5.69 Å². The van der Waals surface area contributed by atoms with Crippen LogP contribution in [0.15, 0.2) is 42.5 Å². The zero-order chi connectivity index (χ0) is 19.7. The topological polar surface area (TPSA) is 79.6 Å². The van der Waals surface area contributed by atoms with E-state index in [4.69, 9.17) is 0 Å². The van der Waals surface area contributed by atoms with Crippen LogP contribution in [0.5, 0.6) is 0 Å². The van der Waals surface area contributed by atoms with Crippen molar-refractivity contribution < 1.29 is 9.72 Å². The number of para-hydroxylation sites is 2. The van der Waals surface area contributed by atoms with E-state index in [0.29, 0.717) is 18.7 Å². The van der Waals surface area contributed by atoms with Gasteiger partial charge < -0.3 is 4.90 Å². The minimum Gasteiger partial charge on any atom is -0.336 e. The molecular formula is C20H20N4O3S. The van der Waals surface area contributed by atoms with Crippen LogP contribution >= 0.6 is 11.3 Å². The van der Waals surface area contributed by atoms with E-state index in [-0.39, 0.29) is 17.2 Å². The second kappa shape index (κ2) is 7.65. The van der Waals surface area contributed by atoms with Gasteiger partial charge in [0.15, 0.2) is 0 Å². The number of aromatic nitrogens is 1. The van der Waals surface area contributed by atoms with E-state index in [1.807, 2.05) is 18.2 Å². The second-order valence-electron chi connectivity index (χ2n) is 6.87. The molecule has 1 aromatic heterocycles. The number of thiazole rings is 1. The fraction of sp³-hybridized carbons (Fsp3) is 0.300. The molecule has 1 aliphatic rings. The number of benzene rings is 2. The van der Waals surface area contributed by atoms with Gasteiger partial charge >= 0.3 is 0 Å². The van der Waals surface area contributed by atoms with Crippen LogP contribution in [-0.4, -0.2) is 51.8 Å². The summed E-state index contributed by atoms with van der Waals surface area (Å²) < 4.78 is 1.18. The summed E-state index contributed by atoms with van der Waals surface area (Å²) in [5.41, 5.74) is 1.60. The molecule has 28 heavy (non-hydrogen) atoms. The van der Waals surface area contributed by atoms with Crippen molar-refractivity contribution in [3.63, 3.8) is 0 Å². The van der Waals surface area contributed by atoms with Crippen LogP contribution in [0.3, 0.4) is 0 Å². The fourth-order valence-corrected chi connectivity index (χ4v) is 4.54. The molecule has 2 heterocycles. The van der Waals surface area contributed by atoms with E-state index < -0.39 is 4.92 Å². The number of carbonyl (C=O) groups is 1. The third-order valence-electron chi connectivity index (χ3n) is 5.01. The molecule has 0 N–H and O–H groups in total. The van der Waals surface area contributed by atoms with Crippen molar-refractivity contribution in [3.8, 4) is 0 Å². The predicted octanol–water partition coefficient (Wildman–Crippen LogP) is 3.47. The molecule has 0 atom stereocenters. The maximum Gasteiger partial charge on any atom is 0.285 e. The number of amides is 1. The molecule has 1 amide bonds. The normalized spacial score (nSPS) is 15.1. The van der Waals surface area contributed by atoms with E-state index in [0.717, 1.165) is 30.2 Å². The number of aryl methyl sites for hydroxylation is 1. The van der Waals surface area contributed by atoms with Crippen LogP contribution < -0.4 is 0 Å². The van der Waals surface area contributed by atoms with Gasteiger partial charge in [-0.2, -0.15) is 0 Å². The molecule has 1 aliphatic heterocycles. The number of nitro benzene ring substituents is 1. The number of hydrogen-bond acceptors (Lipinski definition) is 6. The quantitative estimate of drug-likeness (QED) is 0.498. The van der Waals surface area contributed by atoms with Crippen molar-refractivity contribution in [1.29, 1.82) is 0 Å². The number of nitro groups is 1. The van der Waals surface area contributed by atoms with Crippen molar-refractivity contribution in [3.05, 3.63) is 68.7 Å². The molecule has 0 radical (unpaired) electrons. The molecule has 8 heteroatoms. The zero-order valence-electron chi connectivity index (χ0n) is 15.5. The highest BCUT2D eigenvalue weighted by Gasteiger charge is 2.28. The molecule has 2 aromatic carbocycles. The third-order valence-corrected chi connectivity index (χ3v) is 6.03. The summed E-state index contributed by atoms with van der Waals surface area (Å²) in [5.74, 6) is -0.268. The monoisotopic (exact) mass is 396 g/mol. The Hall–Kier alpha value is -2.84. The second-order valence-corrected chi connectivity index (χ2v) is 7.99. The maximum atomic E-state index is 12.9. The van der Waals surface area contributed by atoms with Gasteiger partial charge in [-0.1, -0.05) is 24.3 Å². The molecule has 0 spiro atoms. The van der Waals surface area contributed by atoms with Gasteiger partial charge in [0.1, 0.15) is 10.6 Å². The molecule has 0 bridgehead atoms. The molecule has 4 rings (SSSR count). The Kier molecular flexibility index (Phi) is 5.06. The molecule has 0 unspecified atom stereocenters. The Balaban J connectivity index is 1.42. The number of carbonyl (C=O) groups excluding carboxylic acids is 1. The first kappa shape index (κ1) is 18.5. The summed E-state index contributed by atoms with van der Waals surface area (Å²) in [4.78, 5) is 32.4. The van der Waals surface area contributed by atoms with Crippen molar-refractivity contribution >= 4 is 33.1 Å². The SMILES string of the molecule is Cc1cccc(C(=O)N2CCN(Cc3nc4ccccc4s3)CC2)c1[N+](=O)[O-]. The summed E-state index contributed by atoms with van der Waals surface area (Å²) in [7, 11) is 0. The Morgan fingerprint density at radius 3 is 2.61 bits per heavy atom. The molecule has 0 aliphatic carbocycles. The molecular weight excluding hydrogens is 376 g/mol. The molecule has 7 nitrogen and oxygen atoms in total. The summed E-state index contributed by atoms with van der Waals surface area (Å²) in [6.07, 6.45) is 0. The van der Waals surface area contributed by atoms with E-state index in [1.165, 1.54) is 4.70 Å². The Bertz CT molecular complexity index is 1010. The fourth-order valence-electron chi connectivity index (χ4n) is 3.53. The number of hydrogen-bond donors (Lipinski definition) is 0. The summed E-state index contributed by atoms with van der Waals surface area (Å²) in [6, 6.07) is 13.0. The number of fused-ring (bicyclic) bond motifs is 1. The third kappa shape index (κ3) is 3.61. The maximum absolute atomic E-state index is 12.9. The van der Waals surface area contributed by atoms with Gasteiger partial charge in [0.2, 0.25) is 0 Å². The lowest BCUT2D eigenvalue weighted by Gasteiger charge is -2.34. The van der Waals surface area contributed by atoms with Gasteiger partial charge in [0.25, 0.3) is 11.6 Å². The molecule has 144 valence electrons. The highest BCUT2D eigenvalue weighted by Crippen LogP contribution is 2.26. The average molecular weight is 396 g/mol. The van der Waals surface area contributed by atoms with Crippen LogP contribution in [0.2, 0.25) is 0 Å². The van der Waals surface area contributed by atoms with E-state index in [1.54, 1.807) is 41.4 Å². The minimum absolute atomic E-state index is 0.0931. The van der Waals surface area contributed by atoms with Gasteiger partial charge in [-0.25, -0.2) is 4.98 Å². The van der Waals surface area contributed by atoms with Crippen molar-refractivity contribution in [2.24, 2.45) is 0 Å². The average Bonchev–Trinajstić information content (AvgIpc) is 3.10. The van der Waals surface area contributed by atoms with Crippen molar-refractivity contribution in [2.45, 2.75) is 13.5 Å². The van der Waals surface area contributed by atoms with Crippen LogP contribution in [0.25, 0.3) is 10.2 Å². The van der Waals surface area contributed by atoms with Gasteiger partial charge in [-0.3, -0.25) is 19.8 Å². The lowest BCUT2D eigenvalue weighted by Crippen LogP contribution is -2.48. The summed E-state index contributed by atoms with van der Waals surface area (Å²) in [5, 5.41) is 12.4. The van der Waals surface area contributed by atoms with E-state index in [2.05, 4.69) is 16.0 Å². The van der Waals surface area contributed by atoms with Gasteiger partial charge in [0, 0.05) is 31.7 Å². The number of rotatable bonds is 4. The first-order valence-corrected chi connectivity index (χ1v) is 9.94. The highest BCUT2D eigenvalue weighted by molar-refractivity contribution is 7.18. The molecule has 0 saturated carbocycles.